The molecule has 3 heteroatoms. The summed E-state index contributed by atoms with van der Waals surface area (Å²) in [5.74, 6) is 0. The van der Waals surface area contributed by atoms with E-state index < -0.39 is 0 Å². The summed E-state index contributed by atoms with van der Waals surface area (Å²) in [7, 11) is 8.18. The van der Waals surface area contributed by atoms with Crippen LogP contribution in [0.3, 0.4) is 0 Å². The van der Waals surface area contributed by atoms with E-state index in [2.05, 4.69) is 47.1 Å². The quantitative estimate of drug-likeness (QED) is 0.766. The van der Waals surface area contributed by atoms with Crippen molar-refractivity contribution >= 4 is 22.3 Å². The maximum Gasteiger partial charge on any atom is 0.0743 e. The molecule has 2 aromatic rings. The fraction of sp³-hybridized carbons (Fsp3) is 0.308. The largest absolute Gasteiger partial charge is 0.378 e. The second-order valence-electron chi connectivity index (χ2n) is 4.32. The lowest BCUT2D eigenvalue weighted by atomic mass is 10.1. The van der Waals surface area contributed by atoms with Crippen molar-refractivity contribution in [2.45, 2.75) is 0 Å². The molecule has 1 heterocycles. The first kappa shape index (κ1) is 10.7. The van der Waals surface area contributed by atoms with Crippen molar-refractivity contribution in [3.05, 3.63) is 30.5 Å². The topological polar surface area (TPSA) is 19.4 Å². The van der Waals surface area contributed by atoms with Crippen LogP contribution in [0.4, 0.5) is 11.4 Å². The minimum atomic E-state index is 1.04. The molecular weight excluding hydrogens is 198 g/mol. The van der Waals surface area contributed by atoms with Crippen molar-refractivity contribution in [3.8, 4) is 0 Å². The van der Waals surface area contributed by atoms with Crippen LogP contribution in [-0.4, -0.2) is 33.2 Å². The fourth-order valence-corrected chi connectivity index (χ4v) is 1.79. The average molecular weight is 215 g/mol. The highest BCUT2D eigenvalue weighted by Gasteiger charge is 2.05. The van der Waals surface area contributed by atoms with Gasteiger partial charge in [0.05, 0.1) is 5.52 Å². The molecule has 1 aromatic heterocycles. The summed E-state index contributed by atoms with van der Waals surface area (Å²) in [6.07, 6.45) is 1.86. The van der Waals surface area contributed by atoms with Crippen molar-refractivity contribution < 1.29 is 0 Å². The molecule has 0 amide bonds. The maximum atomic E-state index is 4.41. The van der Waals surface area contributed by atoms with Gasteiger partial charge in [0.1, 0.15) is 0 Å². The van der Waals surface area contributed by atoms with E-state index in [4.69, 9.17) is 0 Å². The third-order valence-corrected chi connectivity index (χ3v) is 2.70. The lowest BCUT2D eigenvalue weighted by Gasteiger charge is -2.17. The number of nitrogens with zero attached hydrogens (tertiary/aromatic N) is 3. The summed E-state index contributed by atoms with van der Waals surface area (Å²) >= 11 is 0. The Morgan fingerprint density at radius 2 is 1.69 bits per heavy atom. The summed E-state index contributed by atoms with van der Waals surface area (Å²) in [6.45, 7) is 0. The highest BCUT2D eigenvalue weighted by molar-refractivity contribution is 5.93. The van der Waals surface area contributed by atoms with E-state index in [0.29, 0.717) is 0 Å². The van der Waals surface area contributed by atoms with E-state index in [1.807, 2.05) is 26.4 Å². The van der Waals surface area contributed by atoms with Gasteiger partial charge in [0.2, 0.25) is 0 Å². The average Bonchev–Trinajstić information content (AvgIpc) is 2.27. The molecule has 0 fully saturated rings. The van der Waals surface area contributed by atoms with Crippen molar-refractivity contribution in [3.63, 3.8) is 0 Å². The van der Waals surface area contributed by atoms with Gasteiger partial charge >= 0.3 is 0 Å². The van der Waals surface area contributed by atoms with E-state index in [-0.39, 0.29) is 0 Å². The molecule has 2 rings (SSSR count). The smallest absolute Gasteiger partial charge is 0.0743 e. The monoisotopic (exact) mass is 215 g/mol. The van der Waals surface area contributed by atoms with Gasteiger partial charge in [-0.2, -0.15) is 0 Å². The molecule has 0 radical (unpaired) electrons. The molecule has 3 nitrogen and oxygen atoms in total. The minimum Gasteiger partial charge on any atom is -0.378 e. The molecule has 1 aromatic carbocycles. The van der Waals surface area contributed by atoms with Gasteiger partial charge in [-0.1, -0.05) is 0 Å². The Bertz CT molecular complexity index is 504. The van der Waals surface area contributed by atoms with Crippen molar-refractivity contribution in [2.24, 2.45) is 0 Å². The highest BCUT2D eigenvalue weighted by Crippen LogP contribution is 2.26. The predicted molar refractivity (Wildman–Crippen MR) is 70.4 cm³/mol. The van der Waals surface area contributed by atoms with Crippen LogP contribution in [0.15, 0.2) is 30.5 Å². The molecule has 0 N–H and O–H groups in total. The first-order chi connectivity index (χ1) is 7.59. The third kappa shape index (κ3) is 1.81. The fourth-order valence-electron chi connectivity index (χ4n) is 1.79. The van der Waals surface area contributed by atoms with Crippen LogP contribution in [0, 0.1) is 0 Å². The molecule has 16 heavy (non-hydrogen) atoms. The normalized spacial score (nSPS) is 10.5. The number of rotatable bonds is 2. The maximum absolute atomic E-state index is 4.41. The number of anilines is 2. The molecule has 0 spiro atoms. The number of aromatic nitrogens is 1. The van der Waals surface area contributed by atoms with Gasteiger partial charge < -0.3 is 9.80 Å². The molecular formula is C13H17N3. The van der Waals surface area contributed by atoms with Gasteiger partial charge in [0.15, 0.2) is 0 Å². The Morgan fingerprint density at radius 1 is 0.938 bits per heavy atom. The van der Waals surface area contributed by atoms with Gasteiger partial charge in [-0.3, -0.25) is 4.98 Å². The summed E-state index contributed by atoms with van der Waals surface area (Å²) in [5, 5.41) is 1.19. The lowest BCUT2D eigenvalue weighted by molar-refractivity contribution is 1.12. The number of pyridine rings is 1. The van der Waals surface area contributed by atoms with Crippen molar-refractivity contribution in [1.82, 2.24) is 4.98 Å². The van der Waals surface area contributed by atoms with Crippen molar-refractivity contribution in [2.75, 3.05) is 38.0 Å². The predicted octanol–water partition coefficient (Wildman–Crippen LogP) is 2.37. The van der Waals surface area contributed by atoms with Crippen LogP contribution >= 0.6 is 0 Å². The summed E-state index contributed by atoms with van der Waals surface area (Å²) in [6, 6.07) is 8.41. The number of hydrogen-bond acceptors (Lipinski definition) is 3. The lowest BCUT2D eigenvalue weighted by Crippen LogP contribution is -2.10. The SMILES string of the molecule is CN(C)c1ccc2c(N(C)C)ccnc2c1. The van der Waals surface area contributed by atoms with E-state index in [1.54, 1.807) is 0 Å². The molecule has 0 aliphatic heterocycles. The van der Waals surface area contributed by atoms with Crippen LogP contribution in [0.2, 0.25) is 0 Å². The molecule has 0 bridgehead atoms. The number of fused-ring (bicyclic) bond motifs is 1. The van der Waals surface area contributed by atoms with Crippen LogP contribution in [0.1, 0.15) is 0 Å². The van der Waals surface area contributed by atoms with Gasteiger partial charge in [0.25, 0.3) is 0 Å². The van der Waals surface area contributed by atoms with Crippen molar-refractivity contribution in [1.29, 1.82) is 0 Å². The van der Waals surface area contributed by atoms with Gasteiger partial charge in [-0.25, -0.2) is 0 Å². The zero-order valence-corrected chi connectivity index (χ0v) is 10.2. The molecule has 0 saturated heterocycles. The van der Waals surface area contributed by atoms with Crippen LogP contribution in [-0.2, 0) is 0 Å². The molecule has 84 valence electrons. The number of benzene rings is 1. The first-order valence-corrected chi connectivity index (χ1v) is 5.33. The third-order valence-electron chi connectivity index (χ3n) is 2.70. The van der Waals surface area contributed by atoms with Gasteiger partial charge in [-0.05, 0) is 24.3 Å². The zero-order chi connectivity index (χ0) is 11.7. The summed E-state index contributed by atoms with van der Waals surface area (Å²) in [4.78, 5) is 8.61. The van der Waals surface area contributed by atoms with Crippen LogP contribution in [0.5, 0.6) is 0 Å². The molecule has 0 saturated carbocycles. The molecule has 0 aliphatic rings. The molecule has 0 atom stereocenters. The minimum absolute atomic E-state index is 1.04. The Kier molecular flexibility index (Phi) is 2.69. The Balaban J connectivity index is 2.64. The second-order valence-corrected chi connectivity index (χ2v) is 4.32. The first-order valence-electron chi connectivity index (χ1n) is 5.33. The zero-order valence-electron chi connectivity index (χ0n) is 10.2. The van der Waals surface area contributed by atoms with E-state index in [1.165, 1.54) is 16.8 Å². The van der Waals surface area contributed by atoms with Crippen LogP contribution < -0.4 is 9.80 Å². The van der Waals surface area contributed by atoms with E-state index in [9.17, 15) is 0 Å². The Hall–Kier alpha value is -1.77. The van der Waals surface area contributed by atoms with E-state index >= 15 is 0 Å². The van der Waals surface area contributed by atoms with Gasteiger partial charge in [0, 0.05) is 51.1 Å². The standard InChI is InChI=1S/C13H17N3/c1-15(2)10-5-6-11-12(9-10)14-8-7-13(11)16(3)4/h5-9H,1-4H3. The Labute approximate surface area is 96.3 Å². The molecule has 0 unspecified atom stereocenters. The Morgan fingerprint density at radius 3 is 2.31 bits per heavy atom. The molecule has 0 aliphatic carbocycles. The van der Waals surface area contributed by atoms with E-state index in [0.717, 1.165) is 5.52 Å². The van der Waals surface area contributed by atoms with Crippen LogP contribution in [0.25, 0.3) is 10.9 Å². The summed E-state index contributed by atoms with van der Waals surface area (Å²) in [5.41, 5.74) is 3.42. The van der Waals surface area contributed by atoms with Gasteiger partial charge in [-0.15, -0.1) is 0 Å². The second kappa shape index (κ2) is 4.00. The highest BCUT2D eigenvalue weighted by atomic mass is 15.1. The number of hydrogen-bond donors (Lipinski definition) is 0. The summed E-state index contributed by atoms with van der Waals surface area (Å²) < 4.78 is 0.